The van der Waals surface area contributed by atoms with Gasteiger partial charge in [0.15, 0.2) is 0 Å². The van der Waals surface area contributed by atoms with Gasteiger partial charge in [0, 0.05) is 38.2 Å². The summed E-state index contributed by atoms with van der Waals surface area (Å²) in [5.41, 5.74) is 6.77. The number of benzene rings is 3. The van der Waals surface area contributed by atoms with Crippen LogP contribution in [-0.4, -0.2) is 77.8 Å². The number of carbonyl (C=O) groups excluding carboxylic acids is 3. The first kappa shape index (κ1) is 39.0. The van der Waals surface area contributed by atoms with E-state index in [0.717, 1.165) is 36.3 Å². The largest absolute Gasteiger partial charge is 0.388 e. The molecule has 0 heterocycles. The number of Topliss-reactive ketones (excluding diaryl/α,β-unsaturated/α-hetero) is 3. The molecule has 0 aromatic heterocycles. The van der Waals surface area contributed by atoms with E-state index in [0.29, 0.717) is 0 Å². The van der Waals surface area contributed by atoms with E-state index in [2.05, 4.69) is 31.9 Å². The Kier molecular flexibility index (Phi) is 18.7. The number of carbonyl (C=O) groups is 3. The first-order chi connectivity index (χ1) is 21.5. The maximum Gasteiger partial charge on any atom is 0.147 e. The molecule has 246 valence electrons. The van der Waals surface area contributed by atoms with Crippen LogP contribution in [0.2, 0.25) is 0 Å². The van der Waals surface area contributed by atoms with Crippen LogP contribution in [0.4, 0.5) is 17.1 Å². The van der Waals surface area contributed by atoms with Crippen LogP contribution >= 0.6 is 0 Å². The van der Waals surface area contributed by atoms with Crippen molar-refractivity contribution < 1.29 is 14.4 Å². The molecule has 0 amide bonds. The van der Waals surface area contributed by atoms with Gasteiger partial charge in [-0.15, -0.1) is 0 Å². The molecule has 45 heavy (non-hydrogen) atoms. The second kappa shape index (κ2) is 21.6. The number of hydrogen-bond acceptors (Lipinski definition) is 9. The van der Waals surface area contributed by atoms with Crippen LogP contribution in [0.5, 0.6) is 0 Å². The molecule has 0 spiro atoms. The van der Waals surface area contributed by atoms with Crippen molar-refractivity contribution in [3.05, 3.63) is 89.5 Å². The minimum atomic E-state index is -0.0783. The van der Waals surface area contributed by atoms with Crippen molar-refractivity contribution in [3.8, 4) is 0 Å². The smallest absolute Gasteiger partial charge is 0.147 e. The Balaban J connectivity index is 0.000000337. The Morgan fingerprint density at radius 2 is 0.622 bits per heavy atom. The number of ketones is 3. The lowest BCUT2D eigenvalue weighted by molar-refractivity contribution is -0.119. The SMILES string of the molecule is CNc1ccc(C[C@@H](NC)C(C)=O)cc1.CNc1ccc(C[C@@H](NC)C(C)=O)cc1.CNc1ccc(C[C@@H](NC)C(C)=O)cc1. The van der Waals surface area contributed by atoms with Crippen molar-refractivity contribution in [3.63, 3.8) is 0 Å². The van der Waals surface area contributed by atoms with Gasteiger partial charge in [-0.25, -0.2) is 0 Å². The predicted molar refractivity (Wildman–Crippen MR) is 190 cm³/mol. The average Bonchev–Trinajstić information content (AvgIpc) is 3.05. The molecule has 0 saturated carbocycles. The number of rotatable bonds is 15. The lowest BCUT2D eigenvalue weighted by Gasteiger charge is -2.12. The first-order valence-electron chi connectivity index (χ1n) is 15.3. The molecule has 0 aliphatic rings. The Morgan fingerprint density at radius 3 is 0.756 bits per heavy atom. The second-order valence-corrected chi connectivity index (χ2v) is 10.8. The fraction of sp³-hybridized carbons (Fsp3) is 0.417. The number of anilines is 3. The molecule has 3 aromatic rings. The van der Waals surface area contributed by atoms with Crippen molar-refractivity contribution in [2.75, 3.05) is 58.2 Å². The normalized spacial score (nSPS) is 12.2. The van der Waals surface area contributed by atoms with Crippen LogP contribution in [0, 0.1) is 0 Å². The van der Waals surface area contributed by atoms with E-state index in [1.165, 1.54) is 16.7 Å². The van der Waals surface area contributed by atoms with Crippen LogP contribution < -0.4 is 31.9 Å². The molecule has 3 aromatic carbocycles. The van der Waals surface area contributed by atoms with Gasteiger partial charge in [-0.3, -0.25) is 14.4 Å². The molecule has 0 bridgehead atoms. The zero-order valence-corrected chi connectivity index (χ0v) is 28.5. The maximum atomic E-state index is 11.2. The molecular formula is C36H54N6O3. The van der Waals surface area contributed by atoms with Gasteiger partial charge in [0.25, 0.3) is 0 Å². The predicted octanol–water partition coefficient (Wildman–Crippen LogP) is 4.34. The summed E-state index contributed by atoms with van der Waals surface area (Å²) in [5.74, 6) is 0.528. The minimum absolute atomic E-state index is 0.0783. The Hall–Kier alpha value is -4.05. The molecule has 3 atom stereocenters. The first-order valence-corrected chi connectivity index (χ1v) is 15.3. The number of nitrogens with one attached hydrogen (secondary N) is 6. The summed E-state index contributed by atoms with van der Waals surface area (Å²) in [6, 6.07) is 24.1. The summed E-state index contributed by atoms with van der Waals surface area (Å²) in [6.45, 7) is 4.84. The van der Waals surface area contributed by atoms with Gasteiger partial charge in [-0.1, -0.05) is 36.4 Å². The minimum Gasteiger partial charge on any atom is -0.388 e. The summed E-state index contributed by atoms with van der Waals surface area (Å²) in [6.07, 6.45) is 2.24. The van der Waals surface area contributed by atoms with Crippen molar-refractivity contribution >= 4 is 34.4 Å². The second-order valence-electron chi connectivity index (χ2n) is 10.8. The van der Waals surface area contributed by atoms with Gasteiger partial charge in [-0.05, 0) is 114 Å². The molecule has 0 saturated heterocycles. The van der Waals surface area contributed by atoms with Crippen molar-refractivity contribution in [2.24, 2.45) is 0 Å². The lowest BCUT2D eigenvalue weighted by atomic mass is 10.0. The van der Waals surface area contributed by atoms with Crippen LogP contribution in [0.3, 0.4) is 0 Å². The molecule has 3 rings (SSSR count). The summed E-state index contributed by atoms with van der Waals surface area (Å²) >= 11 is 0. The number of hydrogen-bond donors (Lipinski definition) is 6. The third-order valence-electron chi connectivity index (χ3n) is 7.56. The van der Waals surface area contributed by atoms with Crippen molar-refractivity contribution in [1.29, 1.82) is 0 Å². The molecule has 0 unspecified atom stereocenters. The van der Waals surface area contributed by atoms with E-state index in [1.54, 1.807) is 20.8 Å². The van der Waals surface area contributed by atoms with E-state index >= 15 is 0 Å². The van der Waals surface area contributed by atoms with E-state index in [4.69, 9.17) is 0 Å². The molecule has 9 heteroatoms. The third kappa shape index (κ3) is 15.0. The Bertz CT molecular complexity index is 1120. The third-order valence-corrected chi connectivity index (χ3v) is 7.56. The molecule has 0 radical (unpaired) electrons. The summed E-state index contributed by atoms with van der Waals surface area (Å²) < 4.78 is 0. The highest BCUT2D eigenvalue weighted by atomic mass is 16.1. The monoisotopic (exact) mass is 618 g/mol. The molecular weight excluding hydrogens is 564 g/mol. The van der Waals surface area contributed by atoms with Crippen molar-refractivity contribution in [1.82, 2.24) is 16.0 Å². The molecule has 6 N–H and O–H groups in total. The molecule has 0 fully saturated rings. The van der Waals surface area contributed by atoms with Gasteiger partial charge >= 0.3 is 0 Å². The van der Waals surface area contributed by atoms with Gasteiger partial charge in [0.1, 0.15) is 17.3 Å². The molecule has 9 nitrogen and oxygen atoms in total. The zero-order valence-electron chi connectivity index (χ0n) is 28.5. The van der Waals surface area contributed by atoms with E-state index in [-0.39, 0.29) is 35.5 Å². The van der Waals surface area contributed by atoms with Gasteiger partial charge in [0.2, 0.25) is 0 Å². The Labute approximate surface area is 270 Å². The van der Waals surface area contributed by atoms with E-state index in [9.17, 15) is 14.4 Å². The summed E-state index contributed by atoms with van der Waals surface area (Å²) in [4.78, 5) is 33.7. The van der Waals surface area contributed by atoms with Crippen LogP contribution in [-0.2, 0) is 33.6 Å². The quantitative estimate of drug-likeness (QED) is 0.148. The number of likely N-dealkylation sites (N-methyl/N-ethyl adjacent to an activating group) is 3. The van der Waals surface area contributed by atoms with Gasteiger partial charge < -0.3 is 31.9 Å². The van der Waals surface area contributed by atoms with Crippen LogP contribution in [0.1, 0.15) is 37.5 Å². The van der Waals surface area contributed by atoms with Crippen LogP contribution in [0.15, 0.2) is 72.8 Å². The highest BCUT2D eigenvalue weighted by molar-refractivity contribution is 5.82. The topological polar surface area (TPSA) is 123 Å². The van der Waals surface area contributed by atoms with Crippen molar-refractivity contribution in [2.45, 2.75) is 58.2 Å². The zero-order chi connectivity index (χ0) is 33.8. The summed E-state index contributed by atoms with van der Waals surface area (Å²) in [7, 11) is 11.1. The highest BCUT2D eigenvalue weighted by Gasteiger charge is 2.13. The standard InChI is InChI=1S/3C12H18N2O/c3*1-9(15)12(14-3)8-10-4-6-11(13-2)7-5-10/h3*4-7,12-14H,8H2,1-3H3/t3*12-/m111/s1. The lowest BCUT2D eigenvalue weighted by Crippen LogP contribution is -2.34. The Morgan fingerprint density at radius 1 is 0.422 bits per heavy atom. The fourth-order valence-corrected chi connectivity index (χ4v) is 4.48. The molecule has 0 aliphatic carbocycles. The summed E-state index contributed by atoms with van der Waals surface area (Å²) in [5, 5.41) is 18.2. The van der Waals surface area contributed by atoms with E-state index in [1.807, 2.05) is 115 Å². The maximum absolute atomic E-state index is 11.2. The fourth-order valence-electron chi connectivity index (χ4n) is 4.48. The van der Waals surface area contributed by atoms with Gasteiger partial charge in [-0.2, -0.15) is 0 Å². The highest BCUT2D eigenvalue weighted by Crippen LogP contribution is 2.12. The van der Waals surface area contributed by atoms with Crippen LogP contribution in [0.25, 0.3) is 0 Å². The van der Waals surface area contributed by atoms with E-state index < -0.39 is 0 Å². The molecule has 0 aliphatic heterocycles. The average molecular weight is 619 g/mol. The van der Waals surface area contributed by atoms with Gasteiger partial charge in [0.05, 0.1) is 18.1 Å².